The third-order valence-electron chi connectivity index (χ3n) is 6.14. The van der Waals surface area contributed by atoms with Crippen molar-refractivity contribution in [2.24, 2.45) is 5.41 Å². The van der Waals surface area contributed by atoms with Crippen molar-refractivity contribution in [3.05, 3.63) is 41.5 Å². The van der Waals surface area contributed by atoms with Crippen molar-refractivity contribution in [2.45, 2.75) is 72.1 Å². The molecule has 11 heteroatoms. The Labute approximate surface area is 214 Å². The van der Waals surface area contributed by atoms with E-state index in [-0.39, 0.29) is 35.3 Å². The van der Waals surface area contributed by atoms with E-state index in [4.69, 9.17) is 17.9 Å². The van der Waals surface area contributed by atoms with Crippen LogP contribution in [0.2, 0.25) is 0 Å². The monoisotopic (exact) mass is 520 g/mol. The van der Waals surface area contributed by atoms with Crippen LogP contribution in [0.25, 0.3) is 0 Å². The first-order valence-electron chi connectivity index (χ1n) is 11.8. The van der Waals surface area contributed by atoms with Gasteiger partial charge in [-0.3, -0.25) is 4.79 Å². The summed E-state index contributed by atoms with van der Waals surface area (Å²) in [5, 5.41) is 3.05. The molecule has 3 heterocycles. The average molecular weight is 521 g/mol. The summed E-state index contributed by atoms with van der Waals surface area (Å²) in [6, 6.07) is 5.01. The number of benzene rings is 1. The Kier molecular flexibility index (Phi) is 9.13. The maximum Gasteiger partial charge on any atom is 0.335 e. The number of aromatic nitrogens is 2. The van der Waals surface area contributed by atoms with E-state index >= 15 is 0 Å². The van der Waals surface area contributed by atoms with E-state index in [9.17, 15) is 9.18 Å². The van der Waals surface area contributed by atoms with Crippen molar-refractivity contribution in [1.82, 2.24) is 14.9 Å². The number of carbonyl (C=O) groups is 1. The number of piperidine rings is 1. The summed E-state index contributed by atoms with van der Waals surface area (Å²) in [6.07, 6.45) is 3.22. The molecule has 1 aromatic carbocycles. The molecule has 1 aromatic heterocycles. The average Bonchev–Trinajstić information content (AvgIpc) is 2.77. The first-order valence-corrected chi connectivity index (χ1v) is 12.5. The highest BCUT2D eigenvalue weighted by molar-refractivity contribution is 7.51. The SMILES string of the molecule is Cc1ccc(Nc2ncnc(OC3CC4COCC(C3)N4C(=O)CC(C)(C)C)c2C)c(F)c1.O=S=O. The maximum absolute atomic E-state index is 14.3. The number of anilines is 2. The van der Waals surface area contributed by atoms with Gasteiger partial charge in [-0.2, -0.15) is 8.42 Å². The van der Waals surface area contributed by atoms with Crippen LogP contribution >= 0.6 is 0 Å². The smallest absolute Gasteiger partial charge is 0.335 e. The number of carbonyl (C=O) groups excluding carboxylic acids is 1. The van der Waals surface area contributed by atoms with Crippen LogP contribution in [0.4, 0.5) is 15.9 Å². The second-order valence-electron chi connectivity index (χ2n) is 10.4. The molecule has 196 valence electrons. The minimum atomic E-state index is -0.750. The van der Waals surface area contributed by atoms with Gasteiger partial charge < -0.3 is 19.7 Å². The number of hydrogen-bond acceptors (Lipinski definition) is 8. The number of morpholine rings is 1. The largest absolute Gasteiger partial charge is 0.474 e. The molecule has 2 bridgehead atoms. The van der Waals surface area contributed by atoms with Crippen LogP contribution in [0.15, 0.2) is 24.5 Å². The van der Waals surface area contributed by atoms with Gasteiger partial charge in [0.25, 0.3) is 0 Å². The third kappa shape index (κ3) is 7.07. The minimum Gasteiger partial charge on any atom is -0.474 e. The molecule has 2 aliphatic heterocycles. The van der Waals surface area contributed by atoms with Crippen molar-refractivity contribution in [3.8, 4) is 5.88 Å². The summed E-state index contributed by atoms with van der Waals surface area (Å²) in [6.45, 7) is 11.0. The lowest BCUT2D eigenvalue weighted by Gasteiger charge is -2.48. The van der Waals surface area contributed by atoms with Gasteiger partial charge in [-0.1, -0.05) is 26.8 Å². The van der Waals surface area contributed by atoms with Crippen LogP contribution in [0.1, 0.15) is 51.2 Å². The fraction of sp³-hybridized carbons (Fsp3) is 0.560. The Morgan fingerprint density at radius 1 is 1.19 bits per heavy atom. The third-order valence-corrected chi connectivity index (χ3v) is 6.14. The molecular weight excluding hydrogens is 487 g/mol. The Morgan fingerprint density at radius 3 is 2.42 bits per heavy atom. The lowest BCUT2D eigenvalue weighted by atomic mass is 9.87. The molecule has 1 N–H and O–H groups in total. The van der Waals surface area contributed by atoms with Gasteiger partial charge in [-0.05, 0) is 37.0 Å². The number of aryl methyl sites for hydroxylation is 1. The zero-order valence-electron chi connectivity index (χ0n) is 21.2. The lowest BCUT2D eigenvalue weighted by molar-refractivity contribution is -0.157. The molecule has 0 aliphatic carbocycles. The molecule has 0 spiro atoms. The van der Waals surface area contributed by atoms with E-state index < -0.39 is 11.6 Å². The molecule has 0 saturated carbocycles. The summed E-state index contributed by atoms with van der Waals surface area (Å²) < 4.78 is 42.9. The zero-order chi connectivity index (χ0) is 26.5. The Bertz CT molecular complexity index is 1110. The standard InChI is InChI=1S/C25H33FN4O3.O2S/c1-15-6-7-21(20(26)8-15)29-23-16(2)24(28-14-27-23)33-19-9-17-12-32-13-18(10-19)30(17)22(31)11-25(3,4)5;1-3-2/h6-8,14,17-19H,9-13H2,1-5H3,(H,27,28,29);. The van der Waals surface area contributed by atoms with Gasteiger partial charge in [0, 0.05) is 19.3 Å². The molecule has 2 aromatic rings. The lowest BCUT2D eigenvalue weighted by Crippen LogP contribution is -2.61. The first-order chi connectivity index (χ1) is 17.0. The number of hydrogen-bond donors (Lipinski definition) is 1. The quantitative estimate of drug-likeness (QED) is 0.633. The molecule has 1 amide bonds. The highest BCUT2D eigenvalue weighted by atomic mass is 32.1. The Balaban J connectivity index is 0.00000115. The fourth-order valence-corrected chi connectivity index (χ4v) is 4.60. The van der Waals surface area contributed by atoms with Gasteiger partial charge in [0.15, 0.2) is 0 Å². The van der Waals surface area contributed by atoms with Crippen molar-refractivity contribution in [3.63, 3.8) is 0 Å². The van der Waals surface area contributed by atoms with E-state index in [1.165, 1.54) is 12.4 Å². The predicted octanol–water partition coefficient (Wildman–Crippen LogP) is 3.88. The topological polar surface area (TPSA) is 111 Å². The molecule has 9 nitrogen and oxygen atoms in total. The molecule has 2 saturated heterocycles. The number of ether oxygens (including phenoxy) is 2. The van der Waals surface area contributed by atoms with E-state index in [1.54, 1.807) is 6.07 Å². The summed E-state index contributed by atoms with van der Waals surface area (Å²) in [4.78, 5) is 23.6. The van der Waals surface area contributed by atoms with Crippen molar-refractivity contribution in [1.29, 1.82) is 0 Å². The normalized spacial score (nSPS) is 21.2. The second kappa shape index (κ2) is 11.9. The predicted molar refractivity (Wildman–Crippen MR) is 133 cm³/mol. The molecule has 2 aliphatic rings. The highest BCUT2D eigenvalue weighted by Crippen LogP contribution is 2.34. The van der Waals surface area contributed by atoms with E-state index in [2.05, 4.69) is 36.1 Å². The van der Waals surface area contributed by atoms with Crippen LogP contribution in [0.3, 0.4) is 0 Å². The van der Waals surface area contributed by atoms with Crippen LogP contribution in [-0.4, -0.2) is 60.6 Å². The van der Waals surface area contributed by atoms with Crippen molar-refractivity contribution < 1.29 is 27.1 Å². The number of rotatable bonds is 5. The molecule has 2 unspecified atom stereocenters. The highest BCUT2D eigenvalue weighted by Gasteiger charge is 2.43. The van der Waals surface area contributed by atoms with Gasteiger partial charge >= 0.3 is 11.6 Å². The number of halogens is 1. The van der Waals surface area contributed by atoms with Crippen LogP contribution in [0.5, 0.6) is 5.88 Å². The van der Waals surface area contributed by atoms with E-state index in [0.717, 1.165) is 5.56 Å². The van der Waals surface area contributed by atoms with Crippen molar-refractivity contribution >= 4 is 29.0 Å². The van der Waals surface area contributed by atoms with Gasteiger partial charge in [0.1, 0.15) is 24.1 Å². The zero-order valence-corrected chi connectivity index (χ0v) is 22.1. The minimum absolute atomic E-state index is 0.00116. The Morgan fingerprint density at radius 2 is 1.83 bits per heavy atom. The molecule has 2 atom stereocenters. The van der Waals surface area contributed by atoms with Crippen LogP contribution in [-0.2, 0) is 21.1 Å². The maximum atomic E-state index is 14.3. The fourth-order valence-electron chi connectivity index (χ4n) is 4.60. The van der Waals surface area contributed by atoms with Crippen LogP contribution in [0, 0.1) is 25.1 Å². The number of nitrogens with zero attached hydrogens (tertiary/aromatic N) is 3. The summed E-state index contributed by atoms with van der Waals surface area (Å²) in [5.74, 6) is 0.822. The summed E-state index contributed by atoms with van der Waals surface area (Å²) in [7, 11) is 0. The first kappa shape index (κ1) is 27.7. The Hall–Kier alpha value is -2.92. The number of amides is 1. The van der Waals surface area contributed by atoms with Crippen molar-refractivity contribution in [2.75, 3.05) is 18.5 Å². The molecule has 4 rings (SSSR count). The summed E-state index contributed by atoms with van der Waals surface area (Å²) in [5.41, 5.74) is 1.86. The van der Waals surface area contributed by atoms with Gasteiger partial charge in [-0.25, -0.2) is 14.4 Å². The van der Waals surface area contributed by atoms with Gasteiger partial charge in [0.2, 0.25) is 11.8 Å². The molecule has 0 radical (unpaired) electrons. The van der Waals surface area contributed by atoms with E-state index in [0.29, 0.717) is 55.4 Å². The number of fused-ring (bicyclic) bond motifs is 2. The molecule has 36 heavy (non-hydrogen) atoms. The molecule has 2 fully saturated rings. The second-order valence-corrected chi connectivity index (χ2v) is 10.6. The van der Waals surface area contributed by atoms with Gasteiger partial charge in [0.05, 0.1) is 36.5 Å². The van der Waals surface area contributed by atoms with Gasteiger partial charge in [-0.15, -0.1) is 0 Å². The van der Waals surface area contributed by atoms with Crippen LogP contribution < -0.4 is 10.1 Å². The molecular formula is C25H33FN4O5S. The van der Waals surface area contributed by atoms with E-state index in [1.807, 2.05) is 24.8 Å². The number of nitrogens with one attached hydrogen (secondary N) is 1. The summed E-state index contributed by atoms with van der Waals surface area (Å²) >= 11 is -0.750.